The molecule has 0 radical (unpaired) electrons. The molecule has 0 aliphatic heterocycles. The van der Waals surface area contributed by atoms with Crippen LogP contribution in [-0.2, 0) is 4.79 Å². The fraction of sp³-hybridized carbons (Fsp3) is 0.200. The topological polar surface area (TPSA) is 57.5 Å². The van der Waals surface area contributed by atoms with E-state index in [4.69, 9.17) is 21.1 Å². The van der Waals surface area contributed by atoms with Crippen molar-refractivity contribution < 1.29 is 19.1 Å². The Morgan fingerprint density at radius 1 is 1.04 bits per heavy atom. The standard InChI is InChI=1S/C20H18ClNO4/c1-11-17(25-4)10-9-16-18(11)19(26-13(3)23)12(2)22(16)20(24)14-5-7-15(21)8-6-14/h5-10H,1-4H3. The summed E-state index contributed by atoms with van der Waals surface area (Å²) < 4.78 is 12.4. The van der Waals surface area contributed by atoms with Gasteiger partial charge in [0.05, 0.1) is 18.3 Å². The summed E-state index contributed by atoms with van der Waals surface area (Å²) >= 11 is 5.91. The summed E-state index contributed by atoms with van der Waals surface area (Å²) in [6.07, 6.45) is 0. The van der Waals surface area contributed by atoms with Crippen molar-refractivity contribution in [1.29, 1.82) is 0 Å². The summed E-state index contributed by atoms with van der Waals surface area (Å²) in [5.41, 5.74) is 2.48. The number of methoxy groups -OCH3 is 1. The van der Waals surface area contributed by atoms with Crippen LogP contribution in [0.5, 0.6) is 11.5 Å². The predicted octanol–water partition coefficient (Wildman–Crippen LogP) is 4.53. The number of hydrogen-bond donors (Lipinski definition) is 0. The van der Waals surface area contributed by atoms with Crippen LogP contribution in [0.2, 0.25) is 5.02 Å². The maximum absolute atomic E-state index is 13.1. The first-order valence-electron chi connectivity index (χ1n) is 8.02. The lowest BCUT2D eigenvalue weighted by molar-refractivity contribution is -0.131. The number of benzene rings is 2. The van der Waals surface area contributed by atoms with E-state index in [2.05, 4.69) is 0 Å². The van der Waals surface area contributed by atoms with Gasteiger partial charge in [-0.1, -0.05) is 11.6 Å². The Kier molecular flexibility index (Phi) is 4.74. The molecule has 1 aromatic heterocycles. The van der Waals surface area contributed by atoms with E-state index < -0.39 is 5.97 Å². The molecule has 0 aliphatic carbocycles. The number of esters is 1. The number of ether oxygens (including phenoxy) is 2. The Hall–Kier alpha value is -2.79. The van der Waals surface area contributed by atoms with Gasteiger partial charge in [0.25, 0.3) is 5.91 Å². The van der Waals surface area contributed by atoms with Gasteiger partial charge >= 0.3 is 5.97 Å². The van der Waals surface area contributed by atoms with Gasteiger partial charge in [-0.15, -0.1) is 0 Å². The van der Waals surface area contributed by atoms with Gasteiger partial charge in [-0.3, -0.25) is 14.2 Å². The molecule has 3 rings (SSSR count). The number of carbonyl (C=O) groups excluding carboxylic acids is 2. The van der Waals surface area contributed by atoms with Gasteiger partial charge in [0.1, 0.15) is 5.75 Å². The second-order valence-electron chi connectivity index (χ2n) is 5.94. The first-order valence-corrected chi connectivity index (χ1v) is 8.40. The number of aromatic nitrogens is 1. The molecule has 0 N–H and O–H groups in total. The number of halogens is 1. The van der Waals surface area contributed by atoms with Gasteiger partial charge in [0.15, 0.2) is 5.75 Å². The van der Waals surface area contributed by atoms with Crippen LogP contribution in [-0.4, -0.2) is 23.6 Å². The summed E-state index contributed by atoms with van der Waals surface area (Å²) in [6, 6.07) is 10.2. The third kappa shape index (κ3) is 2.95. The molecule has 0 saturated heterocycles. The van der Waals surface area contributed by atoms with E-state index in [1.54, 1.807) is 55.0 Å². The Labute approximate surface area is 156 Å². The lowest BCUT2D eigenvalue weighted by Gasteiger charge is -2.08. The van der Waals surface area contributed by atoms with Crippen molar-refractivity contribution in [3.63, 3.8) is 0 Å². The maximum atomic E-state index is 13.1. The minimum Gasteiger partial charge on any atom is -0.496 e. The zero-order valence-corrected chi connectivity index (χ0v) is 15.7. The third-order valence-electron chi connectivity index (χ3n) is 4.29. The van der Waals surface area contributed by atoms with Crippen LogP contribution < -0.4 is 9.47 Å². The molecule has 0 spiro atoms. The quantitative estimate of drug-likeness (QED) is 0.634. The van der Waals surface area contributed by atoms with E-state index in [-0.39, 0.29) is 5.91 Å². The molecule has 134 valence electrons. The fourth-order valence-electron chi connectivity index (χ4n) is 3.09. The first kappa shape index (κ1) is 18.0. The molecule has 0 bridgehead atoms. The van der Waals surface area contributed by atoms with Gasteiger partial charge in [-0.2, -0.15) is 0 Å². The van der Waals surface area contributed by atoms with Crippen LogP contribution >= 0.6 is 11.6 Å². The van der Waals surface area contributed by atoms with E-state index in [0.29, 0.717) is 38.7 Å². The molecule has 26 heavy (non-hydrogen) atoms. The van der Waals surface area contributed by atoms with E-state index in [9.17, 15) is 9.59 Å². The number of rotatable bonds is 3. The second kappa shape index (κ2) is 6.84. The van der Waals surface area contributed by atoms with Crippen molar-refractivity contribution in [2.45, 2.75) is 20.8 Å². The molecular weight excluding hydrogens is 354 g/mol. The molecule has 0 fully saturated rings. The highest BCUT2D eigenvalue weighted by Gasteiger charge is 2.24. The fourth-order valence-corrected chi connectivity index (χ4v) is 3.21. The maximum Gasteiger partial charge on any atom is 0.308 e. The minimum atomic E-state index is -0.451. The van der Waals surface area contributed by atoms with Crippen molar-refractivity contribution in [3.05, 3.63) is 58.2 Å². The Morgan fingerprint density at radius 3 is 2.27 bits per heavy atom. The first-order chi connectivity index (χ1) is 12.3. The smallest absolute Gasteiger partial charge is 0.308 e. The number of aryl methyl sites for hydroxylation is 1. The van der Waals surface area contributed by atoms with Crippen LogP contribution in [0.15, 0.2) is 36.4 Å². The molecule has 1 heterocycles. The van der Waals surface area contributed by atoms with Gasteiger partial charge < -0.3 is 9.47 Å². The van der Waals surface area contributed by atoms with Crippen molar-refractivity contribution in [2.75, 3.05) is 7.11 Å². The van der Waals surface area contributed by atoms with E-state index in [0.717, 1.165) is 5.56 Å². The highest BCUT2D eigenvalue weighted by molar-refractivity contribution is 6.30. The van der Waals surface area contributed by atoms with Gasteiger partial charge in [-0.05, 0) is 50.2 Å². The molecule has 3 aromatic rings. The summed E-state index contributed by atoms with van der Waals surface area (Å²) in [4.78, 5) is 24.7. The molecule has 5 nitrogen and oxygen atoms in total. The minimum absolute atomic E-state index is 0.230. The van der Waals surface area contributed by atoms with Crippen LogP contribution in [0.4, 0.5) is 0 Å². The highest BCUT2D eigenvalue weighted by Crippen LogP contribution is 2.39. The molecule has 0 amide bonds. The zero-order chi connectivity index (χ0) is 19.0. The van der Waals surface area contributed by atoms with Crippen molar-refractivity contribution in [3.8, 4) is 11.5 Å². The zero-order valence-electron chi connectivity index (χ0n) is 14.9. The Bertz CT molecular complexity index is 1020. The van der Waals surface area contributed by atoms with E-state index in [1.807, 2.05) is 6.92 Å². The van der Waals surface area contributed by atoms with Crippen molar-refractivity contribution in [2.24, 2.45) is 0 Å². The van der Waals surface area contributed by atoms with Gasteiger partial charge in [-0.25, -0.2) is 0 Å². The van der Waals surface area contributed by atoms with Gasteiger partial charge in [0.2, 0.25) is 0 Å². The lowest BCUT2D eigenvalue weighted by atomic mass is 10.1. The normalized spacial score (nSPS) is 10.8. The molecule has 0 aliphatic rings. The van der Waals surface area contributed by atoms with Crippen LogP contribution in [0.1, 0.15) is 28.5 Å². The monoisotopic (exact) mass is 371 g/mol. The average Bonchev–Trinajstić information content (AvgIpc) is 2.87. The molecule has 0 atom stereocenters. The second-order valence-corrected chi connectivity index (χ2v) is 6.38. The summed E-state index contributed by atoms with van der Waals surface area (Å²) in [5.74, 6) is 0.341. The number of fused-ring (bicyclic) bond motifs is 1. The molecule has 0 unspecified atom stereocenters. The molecule has 0 saturated carbocycles. The molecule has 6 heteroatoms. The van der Waals surface area contributed by atoms with Crippen LogP contribution in [0, 0.1) is 13.8 Å². The number of nitrogens with zero attached hydrogens (tertiary/aromatic N) is 1. The van der Waals surface area contributed by atoms with Crippen LogP contribution in [0.25, 0.3) is 10.9 Å². The predicted molar refractivity (Wildman–Crippen MR) is 100 cm³/mol. The molecular formula is C20H18ClNO4. The number of carbonyl (C=O) groups is 2. The average molecular weight is 372 g/mol. The lowest BCUT2D eigenvalue weighted by Crippen LogP contribution is -2.13. The SMILES string of the molecule is COc1ccc2c(c1C)c(OC(C)=O)c(C)n2C(=O)c1ccc(Cl)cc1. The third-order valence-corrected chi connectivity index (χ3v) is 4.54. The summed E-state index contributed by atoms with van der Waals surface area (Å²) in [7, 11) is 1.57. The largest absolute Gasteiger partial charge is 0.496 e. The highest BCUT2D eigenvalue weighted by atomic mass is 35.5. The van der Waals surface area contributed by atoms with Crippen molar-refractivity contribution in [1.82, 2.24) is 4.57 Å². The van der Waals surface area contributed by atoms with Crippen molar-refractivity contribution >= 4 is 34.4 Å². The number of hydrogen-bond acceptors (Lipinski definition) is 4. The Morgan fingerprint density at radius 2 is 1.69 bits per heavy atom. The summed E-state index contributed by atoms with van der Waals surface area (Å²) in [5, 5.41) is 1.23. The van der Waals surface area contributed by atoms with Crippen LogP contribution in [0.3, 0.4) is 0 Å². The van der Waals surface area contributed by atoms with E-state index in [1.165, 1.54) is 6.92 Å². The van der Waals surface area contributed by atoms with Gasteiger partial charge in [0, 0.05) is 28.5 Å². The summed E-state index contributed by atoms with van der Waals surface area (Å²) in [6.45, 7) is 4.95. The van der Waals surface area contributed by atoms with E-state index >= 15 is 0 Å². The Balaban J connectivity index is 2.30. The molecule has 2 aromatic carbocycles.